The van der Waals surface area contributed by atoms with Gasteiger partial charge in [-0.1, -0.05) is 19.3 Å². The van der Waals surface area contributed by atoms with Crippen LogP contribution in [0.3, 0.4) is 0 Å². The lowest BCUT2D eigenvalue weighted by molar-refractivity contribution is -0.108. The van der Waals surface area contributed by atoms with Crippen molar-refractivity contribution in [3.63, 3.8) is 0 Å². The minimum absolute atomic E-state index is 0.00433. The number of fused-ring (bicyclic) bond motifs is 1. The molecule has 0 aromatic rings. The SMILES string of the molecule is O=S(=O)([O-])C(F)(F)N1CCC2CCCCC2C1. The molecule has 1 aliphatic carbocycles. The van der Waals surface area contributed by atoms with Crippen LogP contribution in [-0.2, 0) is 10.1 Å². The van der Waals surface area contributed by atoms with E-state index in [9.17, 15) is 21.8 Å². The van der Waals surface area contributed by atoms with E-state index in [0.29, 0.717) is 17.2 Å². The van der Waals surface area contributed by atoms with Gasteiger partial charge in [-0.3, -0.25) is 0 Å². The van der Waals surface area contributed by atoms with Crippen molar-refractivity contribution in [1.29, 1.82) is 0 Å². The first-order chi connectivity index (χ1) is 7.82. The number of likely N-dealkylation sites (tertiary alicyclic amines) is 1. The van der Waals surface area contributed by atoms with E-state index in [1.165, 1.54) is 0 Å². The first kappa shape index (κ1) is 13.2. The smallest absolute Gasteiger partial charge is 0.396 e. The fourth-order valence-corrected chi connectivity index (χ4v) is 3.48. The van der Waals surface area contributed by atoms with E-state index in [2.05, 4.69) is 0 Å². The van der Waals surface area contributed by atoms with Crippen LogP contribution in [0.15, 0.2) is 0 Å². The highest BCUT2D eigenvalue weighted by Crippen LogP contribution is 2.39. The highest BCUT2D eigenvalue weighted by molar-refractivity contribution is 7.86. The molecular formula is C10H16F2NO3S-. The Kier molecular flexibility index (Phi) is 3.44. The second-order valence-electron chi connectivity index (χ2n) is 4.98. The molecule has 1 saturated heterocycles. The summed E-state index contributed by atoms with van der Waals surface area (Å²) in [5.74, 6) is 0.537. The first-order valence-corrected chi connectivity index (χ1v) is 7.31. The van der Waals surface area contributed by atoms with Crippen molar-refractivity contribution in [3.05, 3.63) is 0 Å². The fraction of sp³-hybridized carbons (Fsp3) is 1.00. The third-order valence-electron chi connectivity index (χ3n) is 3.96. The minimum Gasteiger partial charge on any atom is -0.742 e. The maximum absolute atomic E-state index is 13.4. The summed E-state index contributed by atoms with van der Waals surface area (Å²) in [7, 11) is -5.60. The number of hydrogen-bond donors (Lipinski definition) is 0. The highest BCUT2D eigenvalue weighted by atomic mass is 32.2. The van der Waals surface area contributed by atoms with Gasteiger partial charge in [0.25, 0.3) is 0 Å². The Morgan fingerprint density at radius 2 is 1.71 bits per heavy atom. The van der Waals surface area contributed by atoms with E-state index in [-0.39, 0.29) is 19.0 Å². The van der Waals surface area contributed by atoms with E-state index in [1.54, 1.807) is 0 Å². The molecule has 2 unspecified atom stereocenters. The summed E-state index contributed by atoms with van der Waals surface area (Å²) < 4.78 is 58.5. The molecule has 7 heteroatoms. The van der Waals surface area contributed by atoms with E-state index < -0.39 is 15.5 Å². The molecule has 0 aromatic carbocycles. The van der Waals surface area contributed by atoms with Gasteiger partial charge in [0.2, 0.25) is 0 Å². The average molecular weight is 268 g/mol. The van der Waals surface area contributed by atoms with E-state index in [4.69, 9.17) is 0 Å². The molecule has 2 fully saturated rings. The molecule has 0 bridgehead atoms. The molecule has 0 radical (unpaired) electrons. The predicted octanol–water partition coefficient (Wildman–Crippen LogP) is 1.59. The van der Waals surface area contributed by atoms with Gasteiger partial charge in [0, 0.05) is 13.1 Å². The van der Waals surface area contributed by atoms with Crippen LogP contribution in [0.2, 0.25) is 0 Å². The Bertz CT molecular complexity index is 385. The number of halogens is 2. The van der Waals surface area contributed by atoms with Gasteiger partial charge in [-0.15, -0.1) is 0 Å². The van der Waals surface area contributed by atoms with Crippen molar-refractivity contribution in [1.82, 2.24) is 4.90 Å². The lowest BCUT2D eigenvalue weighted by Crippen LogP contribution is -2.54. The molecule has 2 rings (SSSR count). The Morgan fingerprint density at radius 3 is 2.29 bits per heavy atom. The van der Waals surface area contributed by atoms with Crippen molar-refractivity contribution in [2.24, 2.45) is 11.8 Å². The standard InChI is InChI=1S/C10H17F2NO3S/c11-10(12,17(14,15)16)13-6-5-8-3-1-2-4-9(8)7-13/h8-9H,1-7H2,(H,14,15,16)/p-1. The number of hydrogen-bond acceptors (Lipinski definition) is 4. The quantitative estimate of drug-likeness (QED) is 0.563. The molecule has 17 heavy (non-hydrogen) atoms. The van der Waals surface area contributed by atoms with Gasteiger partial charge in [0.05, 0.1) is 0 Å². The zero-order valence-corrected chi connectivity index (χ0v) is 10.3. The van der Waals surface area contributed by atoms with Gasteiger partial charge in [-0.25, -0.2) is 13.3 Å². The maximum Gasteiger partial charge on any atom is 0.396 e. The largest absolute Gasteiger partial charge is 0.742 e. The Hall–Kier alpha value is -0.270. The summed E-state index contributed by atoms with van der Waals surface area (Å²) in [6.07, 6.45) is 4.59. The van der Waals surface area contributed by atoms with E-state index >= 15 is 0 Å². The van der Waals surface area contributed by atoms with Crippen LogP contribution in [0.25, 0.3) is 0 Å². The number of nitrogens with zero attached hydrogens (tertiary/aromatic N) is 1. The normalized spacial score (nSPS) is 32.2. The third-order valence-corrected chi connectivity index (χ3v) is 4.82. The van der Waals surface area contributed by atoms with Gasteiger partial charge in [-0.2, -0.15) is 8.78 Å². The molecule has 2 atom stereocenters. The van der Waals surface area contributed by atoms with Gasteiger partial charge < -0.3 is 4.55 Å². The molecule has 0 N–H and O–H groups in total. The fourth-order valence-electron chi connectivity index (χ4n) is 3.00. The molecule has 0 spiro atoms. The molecule has 1 aliphatic heterocycles. The van der Waals surface area contributed by atoms with Crippen molar-refractivity contribution in [2.75, 3.05) is 13.1 Å². The van der Waals surface area contributed by atoms with Gasteiger partial charge in [0.15, 0.2) is 10.1 Å². The lowest BCUT2D eigenvalue weighted by atomic mass is 9.75. The van der Waals surface area contributed by atoms with Crippen LogP contribution in [0.5, 0.6) is 0 Å². The summed E-state index contributed by atoms with van der Waals surface area (Å²) in [6.45, 7) is 0.0226. The van der Waals surface area contributed by atoms with Gasteiger partial charge >= 0.3 is 5.38 Å². The maximum atomic E-state index is 13.4. The van der Waals surface area contributed by atoms with Crippen molar-refractivity contribution in [2.45, 2.75) is 37.5 Å². The molecular weight excluding hydrogens is 252 g/mol. The summed E-state index contributed by atoms with van der Waals surface area (Å²) in [5, 5.41) is -4.25. The van der Waals surface area contributed by atoms with Crippen LogP contribution < -0.4 is 0 Å². The second-order valence-corrected chi connectivity index (χ2v) is 6.38. The van der Waals surface area contributed by atoms with E-state index in [1.807, 2.05) is 0 Å². The van der Waals surface area contributed by atoms with Crippen LogP contribution in [0, 0.1) is 11.8 Å². The average Bonchev–Trinajstić information content (AvgIpc) is 2.27. The monoisotopic (exact) mass is 268 g/mol. The second kappa shape index (κ2) is 4.44. The van der Waals surface area contributed by atoms with Gasteiger partial charge in [-0.05, 0) is 24.7 Å². The molecule has 4 nitrogen and oxygen atoms in total. The summed E-state index contributed by atoms with van der Waals surface area (Å²) >= 11 is 0. The zero-order valence-electron chi connectivity index (χ0n) is 9.44. The third kappa shape index (κ3) is 2.46. The summed E-state index contributed by atoms with van der Waals surface area (Å²) in [5.41, 5.74) is 0. The molecule has 0 amide bonds. The Balaban J connectivity index is 2.10. The minimum atomic E-state index is -5.60. The van der Waals surface area contributed by atoms with Crippen molar-refractivity contribution >= 4 is 10.1 Å². The summed E-state index contributed by atoms with van der Waals surface area (Å²) in [4.78, 5) is 0.543. The molecule has 1 heterocycles. The number of rotatable bonds is 2. The summed E-state index contributed by atoms with van der Waals surface area (Å²) in [6, 6.07) is 0. The van der Waals surface area contributed by atoms with Gasteiger partial charge in [0.1, 0.15) is 0 Å². The number of alkyl halides is 2. The number of piperidine rings is 1. The zero-order chi connectivity index (χ0) is 12.7. The Morgan fingerprint density at radius 1 is 1.12 bits per heavy atom. The van der Waals surface area contributed by atoms with Crippen LogP contribution in [-0.4, -0.2) is 36.3 Å². The molecule has 2 aliphatic rings. The molecule has 100 valence electrons. The van der Waals surface area contributed by atoms with E-state index in [0.717, 1.165) is 25.7 Å². The van der Waals surface area contributed by atoms with Crippen molar-refractivity contribution < 1.29 is 21.8 Å². The van der Waals surface area contributed by atoms with Crippen LogP contribution in [0.1, 0.15) is 32.1 Å². The predicted molar refractivity (Wildman–Crippen MR) is 56.3 cm³/mol. The first-order valence-electron chi connectivity index (χ1n) is 5.90. The molecule has 0 aromatic heterocycles. The molecule has 1 saturated carbocycles. The highest BCUT2D eigenvalue weighted by Gasteiger charge is 2.47. The van der Waals surface area contributed by atoms with Crippen LogP contribution >= 0.6 is 0 Å². The van der Waals surface area contributed by atoms with Crippen molar-refractivity contribution in [3.8, 4) is 0 Å². The Labute approximate surface area is 99.7 Å². The lowest BCUT2D eigenvalue weighted by Gasteiger charge is -2.44. The topological polar surface area (TPSA) is 60.4 Å². The van der Waals surface area contributed by atoms with Crippen LogP contribution in [0.4, 0.5) is 8.78 Å².